The second-order valence-electron chi connectivity index (χ2n) is 4.20. The van der Waals surface area contributed by atoms with E-state index in [1.807, 2.05) is 32.4 Å². The molecule has 0 radical (unpaired) electrons. The molecule has 96 valence electrons. The van der Waals surface area contributed by atoms with E-state index in [2.05, 4.69) is 31.8 Å². The first-order chi connectivity index (χ1) is 8.74. The molecular weight excluding hydrogens is 226 g/mol. The number of nitrogens with one attached hydrogen (secondary N) is 1. The van der Waals surface area contributed by atoms with Gasteiger partial charge in [0.15, 0.2) is 0 Å². The SMILES string of the molecule is CCn1ccnc1CC(NC)c1ccnc(C)n1. The predicted octanol–water partition coefficient (Wildman–Crippen LogP) is 1.50. The van der Waals surface area contributed by atoms with E-state index < -0.39 is 0 Å². The average molecular weight is 245 g/mol. The molecule has 0 fully saturated rings. The summed E-state index contributed by atoms with van der Waals surface area (Å²) in [6, 6.07) is 2.12. The molecule has 0 saturated carbocycles. The fraction of sp³-hybridized carbons (Fsp3) is 0.462. The lowest BCUT2D eigenvalue weighted by molar-refractivity contribution is 0.538. The summed E-state index contributed by atoms with van der Waals surface area (Å²) in [5.74, 6) is 1.87. The molecule has 1 unspecified atom stereocenters. The Hall–Kier alpha value is -1.75. The van der Waals surface area contributed by atoms with Gasteiger partial charge in [0, 0.05) is 31.6 Å². The van der Waals surface area contributed by atoms with Gasteiger partial charge in [-0.3, -0.25) is 0 Å². The summed E-state index contributed by atoms with van der Waals surface area (Å²) in [5, 5.41) is 3.29. The van der Waals surface area contributed by atoms with Crippen LogP contribution in [0.4, 0.5) is 0 Å². The van der Waals surface area contributed by atoms with Crippen molar-refractivity contribution in [2.24, 2.45) is 0 Å². The van der Waals surface area contributed by atoms with Crippen molar-refractivity contribution < 1.29 is 0 Å². The van der Waals surface area contributed by atoms with Crippen LogP contribution in [0.5, 0.6) is 0 Å². The number of rotatable bonds is 5. The Morgan fingerprint density at radius 2 is 2.17 bits per heavy atom. The maximum absolute atomic E-state index is 4.47. The van der Waals surface area contributed by atoms with Crippen molar-refractivity contribution in [1.29, 1.82) is 0 Å². The van der Waals surface area contributed by atoms with Crippen LogP contribution in [0, 0.1) is 6.92 Å². The minimum absolute atomic E-state index is 0.166. The summed E-state index contributed by atoms with van der Waals surface area (Å²) < 4.78 is 2.15. The Bertz CT molecular complexity index is 506. The van der Waals surface area contributed by atoms with E-state index >= 15 is 0 Å². The second kappa shape index (κ2) is 5.73. The zero-order chi connectivity index (χ0) is 13.0. The summed E-state index contributed by atoms with van der Waals surface area (Å²) in [6.07, 6.45) is 6.48. The van der Waals surface area contributed by atoms with Crippen molar-refractivity contribution in [1.82, 2.24) is 24.8 Å². The molecule has 0 aromatic carbocycles. The Labute approximate surface area is 107 Å². The molecule has 5 heteroatoms. The van der Waals surface area contributed by atoms with E-state index in [4.69, 9.17) is 0 Å². The molecule has 0 spiro atoms. The summed E-state index contributed by atoms with van der Waals surface area (Å²) in [6.45, 7) is 4.96. The van der Waals surface area contributed by atoms with Gasteiger partial charge in [-0.2, -0.15) is 0 Å². The highest BCUT2D eigenvalue weighted by atomic mass is 15.1. The smallest absolute Gasteiger partial charge is 0.125 e. The normalized spacial score (nSPS) is 12.6. The number of hydrogen-bond acceptors (Lipinski definition) is 4. The van der Waals surface area contributed by atoms with Crippen molar-refractivity contribution >= 4 is 0 Å². The van der Waals surface area contributed by atoms with Crippen molar-refractivity contribution in [2.45, 2.75) is 32.9 Å². The third kappa shape index (κ3) is 2.73. The standard InChI is InChI=1S/C13H19N5/c1-4-18-8-7-16-13(18)9-12(14-3)11-5-6-15-10(2)17-11/h5-8,12,14H,4,9H2,1-3H3. The van der Waals surface area contributed by atoms with Crippen molar-refractivity contribution in [3.63, 3.8) is 0 Å². The predicted molar refractivity (Wildman–Crippen MR) is 70.2 cm³/mol. The Morgan fingerprint density at radius 1 is 1.33 bits per heavy atom. The van der Waals surface area contributed by atoms with Crippen LogP contribution in [0.25, 0.3) is 0 Å². The lowest BCUT2D eigenvalue weighted by Crippen LogP contribution is -2.22. The zero-order valence-electron chi connectivity index (χ0n) is 11.1. The van der Waals surface area contributed by atoms with Gasteiger partial charge in [0.05, 0.1) is 11.7 Å². The van der Waals surface area contributed by atoms with Gasteiger partial charge in [0.2, 0.25) is 0 Å². The van der Waals surface area contributed by atoms with E-state index in [9.17, 15) is 0 Å². The van der Waals surface area contributed by atoms with Crippen LogP contribution in [0.2, 0.25) is 0 Å². The molecule has 1 N–H and O–H groups in total. The van der Waals surface area contributed by atoms with Crippen LogP contribution in [0.15, 0.2) is 24.7 Å². The Balaban J connectivity index is 2.20. The molecule has 0 amide bonds. The largest absolute Gasteiger partial charge is 0.335 e. The second-order valence-corrected chi connectivity index (χ2v) is 4.20. The molecule has 18 heavy (non-hydrogen) atoms. The lowest BCUT2D eigenvalue weighted by Gasteiger charge is -2.16. The first-order valence-electron chi connectivity index (χ1n) is 6.21. The number of nitrogens with zero attached hydrogens (tertiary/aromatic N) is 4. The van der Waals surface area contributed by atoms with Gasteiger partial charge in [-0.25, -0.2) is 15.0 Å². The van der Waals surface area contributed by atoms with Crippen LogP contribution in [0.3, 0.4) is 0 Å². The molecule has 0 aliphatic rings. The summed E-state index contributed by atoms with van der Waals surface area (Å²) in [5.41, 5.74) is 1.01. The molecule has 1 atom stereocenters. The Kier molecular flexibility index (Phi) is 4.04. The van der Waals surface area contributed by atoms with Gasteiger partial charge >= 0.3 is 0 Å². The summed E-state index contributed by atoms with van der Waals surface area (Å²) in [7, 11) is 1.95. The van der Waals surface area contributed by atoms with Gasteiger partial charge in [-0.15, -0.1) is 0 Å². The number of imidazole rings is 1. The third-order valence-corrected chi connectivity index (χ3v) is 3.03. The highest BCUT2D eigenvalue weighted by Crippen LogP contribution is 2.15. The highest BCUT2D eigenvalue weighted by Gasteiger charge is 2.14. The van der Waals surface area contributed by atoms with Gasteiger partial charge in [-0.1, -0.05) is 0 Å². The first-order valence-corrected chi connectivity index (χ1v) is 6.21. The molecule has 2 aromatic rings. The molecule has 5 nitrogen and oxygen atoms in total. The number of aromatic nitrogens is 4. The topological polar surface area (TPSA) is 55.6 Å². The minimum Gasteiger partial charge on any atom is -0.335 e. The molecule has 0 aliphatic carbocycles. The van der Waals surface area contributed by atoms with Crippen LogP contribution >= 0.6 is 0 Å². The quantitative estimate of drug-likeness (QED) is 0.867. The minimum atomic E-state index is 0.166. The van der Waals surface area contributed by atoms with Crippen molar-refractivity contribution in [3.05, 3.63) is 42.0 Å². The lowest BCUT2D eigenvalue weighted by atomic mass is 10.1. The molecule has 2 rings (SSSR count). The average Bonchev–Trinajstić information content (AvgIpc) is 2.83. The van der Waals surface area contributed by atoms with E-state index in [-0.39, 0.29) is 6.04 Å². The summed E-state index contributed by atoms with van der Waals surface area (Å²) >= 11 is 0. The van der Waals surface area contributed by atoms with Crippen molar-refractivity contribution in [3.8, 4) is 0 Å². The highest BCUT2D eigenvalue weighted by molar-refractivity contribution is 5.10. The molecule has 2 aromatic heterocycles. The number of likely N-dealkylation sites (N-methyl/N-ethyl adjacent to an activating group) is 1. The Morgan fingerprint density at radius 3 is 2.83 bits per heavy atom. The van der Waals surface area contributed by atoms with E-state index in [1.165, 1.54) is 0 Å². The molecule has 0 saturated heterocycles. The van der Waals surface area contributed by atoms with Crippen LogP contribution in [-0.2, 0) is 13.0 Å². The van der Waals surface area contributed by atoms with Gasteiger partial charge < -0.3 is 9.88 Å². The fourth-order valence-electron chi connectivity index (χ4n) is 2.02. The van der Waals surface area contributed by atoms with E-state index in [0.717, 1.165) is 30.3 Å². The molecular formula is C13H19N5. The van der Waals surface area contributed by atoms with Crippen LogP contribution < -0.4 is 5.32 Å². The third-order valence-electron chi connectivity index (χ3n) is 3.03. The molecule has 0 aliphatic heterocycles. The maximum atomic E-state index is 4.47. The monoisotopic (exact) mass is 245 g/mol. The molecule has 2 heterocycles. The fourth-order valence-corrected chi connectivity index (χ4v) is 2.02. The number of aryl methyl sites for hydroxylation is 2. The van der Waals surface area contributed by atoms with Crippen molar-refractivity contribution in [2.75, 3.05) is 7.05 Å². The van der Waals surface area contributed by atoms with E-state index in [0.29, 0.717) is 0 Å². The first kappa shape index (κ1) is 12.7. The number of hydrogen-bond donors (Lipinski definition) is 1. The maximum Gasteiger partial charge on any atom is 0.125 e. The zero-order valence-corrected chi connectivity index (χ0v) is 11.1. The summed E-state index contributed by atoms with van der Waals surface area (Å²) in [4.78, 5) is 13.0. The van der Waals surface area contributed by atoms with Gasteiger partial charge in [-0.05, 0) is 27.0 Å². The molecule has 0 bridgehead atoms. The van der Waals surface area contributed by atoms with Crippen LogP contribution in [-0.4, -0.2) is 26.6 Å². The van der Waals surface area contributed by atoms with Crippen LogP contribution in [0.1, 0.15) is 30.3 Å². The van der Waals surface area contributed by atoms with Gasteiger partial charge in [0.1, 0.15) is 11.6 Å². The van der Waals surface area contributed by atoms with E-state index in [1.54, 1.807) is 6.20 Å². The van der Waals surface area contributed by atoms with Gasteiger partial charge in [0.25, 0.3) is 0 Å².